The van der Waals surface area contributed by atoms with Gasteiger partial charge in [-0.15, -0.1) is 0 Å². The molecule has 1 N–H and O–H groups in total. The number of rotatable bonds is 3. The van der Waals surface area contributed by atoms with Crippen molar-refractivity contribution >= 4 is 16.8 Å². The van der Waals surface area contributed by atoms with Gasteiger partial charge >= 0.3 is 0 Å². The maximum Gasteiger partial charge on any atom is 0.227 e. The molecule has 112 valence electrons. The number of carbonyl (C=O) groups excluding carboxylic acids is 1. The van der Waals surface area contributed by atoms with Crippen molar-refractivity contribution in [2.75, 3.05) is 13.1 Å². The summed E-state index contributed by atoms with van der Waals surface area (Å²) >= 11 is 0. The van der Waals surface area contributed by atoms with Gasteiger partial charge < -0.3 is 14.6 Å². The highest BCUT2D eigenvalue weighted by Gasteiger charge is 2.29. The molecular weight excluding hydrogens is 264 g/mol. The van der Waals surface area contributed by atoms with Crippen molar-refractivity contribution in [1.29, 1.82) is 0 Å². The summed E-state index contributed by atoms with van der Waals surface area (Å²) in [5.74, 6) is 0.385. The molecule has 4 nitrogen and oxygen atoms in total. The number of para-hydroxylation sites is 1. The van der Waals surface area contributed by atoms with E-state index in [1.165, 1.54) is 0 Å². The third-order valence-corrected chi connectivity index (χ3v) is 4.58. The molecular formula is C17H22N2O2. The Labute approximate surface area is 125 Å². The SMILES string of the molecule is CC(O)C1CCN(C(=O)Cc2cn(C)c3ccccc23)C1. The van der Waals surface area contributed by atoms with Gasteiger partial charge in [-0.3, -0.25) is 4.79 Å². The molecule has 21 heavy (non-hydrogen) atoms. The Morgan fingerprint density at radius 3 is 2.90 bits per heavy atom. The second kappa shape index (κ2) is 5.53. The fourth-order valence-corrected chi connectivity index (χ4v) is 3.25. The number of fused-ring (bicyclic) bond motifs is 1. The first-order chi connectivity index (χ1) is 10.1. The number of aryl methyl sites for hydroxylation is 1. The van der Waals surface area contributed by atoms with Crippen molar-refractivity contribution in [3.05, 3.63) is 36.0 Å². The summed E-state index contributed by atoms with van der Waals surface area (Å²) < 4.78 is 2.07. The van der Waals surface area contributed by atoms with Crippen molar-refractivity contribution in [2.24, 2.45) is 13.0 Å². The second-order valence-electron chi connectivity index (χ2n) is 6.09. The van der Waals surface area contributed by atoms with Crippen LogP contribution in [0.5, 0.6) is 0 Å². The zero-order valence-corrected chi connectivity index (χ0v) is 12.6. The van der Waals surface area contributed by atoms with Crippen molar-refractivity contribution in [3.8, 4) is 0 Å². The summed E-state index contributed by atoms with van der Waals surface area (Å²) in [6, 6.07) is 8.17. The molecule has 2 aromatic rings. The minimum atomic E-state index is -0.333. The normalized spacial score (nSPS) is 20.1. The van der Waals surface area contributed by atoms with E-state index in [4.69, 9.17) is 0 Å². The summed E-state index contributed by atoms with van der Waals surface area (Å²) in [7, 11) is 2.01. The predicted molar refractivity (Wildman–Crippen MR) is 83.0 cm³/mol. The van der Waals surface area contributed by atoms with Crippen LogP contribution >= 0.6 is 0 Å². The lowest BCUT2D eigenvalue weighted by molar-refractivity contribution is -0.129. The van der Waals surface area contributed by atoms with Gasteiger partial charge in [0.1, 0.15) is 0 Å². The molecule has 1 aromatic heterocycles. The molecule has 0 saturated carbocycles. The van der Waals surface area contributed by atoms with E-state index < -0.39 is 0 Å². The molecule has 1 aliphatic rings. The van der Waals surface area contributed by atoms with E-state index in [1.807, 2.05) is 37.2 Å². The van der Waals surface area contributed by atoms with Crippen LogP contribution in [0.1, 0.15) is 18.9 Å². The van der Waals surface area contributed by atoms with Gasteiger partial charge in [-0.05, 0) is 25.0 Å². The highest BCUT2D eigenvalue weighted by Crippen LogP contribution is 2.24. The quantitative estimate of drug-likeness (QED) is 0.937. The van der Waals surface area contributed by atoms with Crippen molar-refractivity contribution in [2.45, 2.75) is 25.9 Å². The Bertz CT molecular complexity index is 660. The van der Waals surface area contributed by atoms with Crippen molar-refractivity contribution < 1.29 is 9.90 Å². The molecule has 1 saturated heterocycles. The number of aliphatic hydroxyl groups is 1. The van der Waals surface area contributed by atoms with Crippen LogP contribution in [0.15, 0.2) is 30.5 Å². The largest absolute Gasteiger partial charge is 0.393 e. The molecule has 1 amide bonds. The van der Waals surface area contributed by atoms with Crippen LogP contribution in [0.2, 0.25) is 0 Å². The summed E-state index contributed by atoms with van der Waals surface area (Å²) in [6.07, 6.45) is 3.05. The number of nitrogens with zero attached hydrogens (tertiary/aromatic N) is 2. The van der Waals surface area contributed by atoms with Crippen molar-refractivity contribution in [3.63, 3.8) is 0 Å². The molecule has 1 aromatic carbocycles. The van der Waals surface area contributed by atoms with Crippen LogP contribution in [0.3, 0.4) is 0 Å². The van der Waals surface area contributed by atoms with Crippen molar-refractivity contribution in [1.82, 2.24) is 9.47 Å². The first-order valence-corrected chi connectivity index (χ1v) is 7.55. The smallest absolute Gasteiger partial charge is 0.227 e. The molecule has 0 radical (unpaired) electrons. The summed E-state index contributed by atoms with van der Waals surface area (Å²) in [6.45, 7) is 3.25. The summed E-state index contributed by atoms with van der Waals surface area (Å²) in [5, 5.41) is 10.8. The van der Waals surface area contributed by atoms with E-state index in [0.717, 1.165) is 29.4 Å². The molecule has 0 bridgehead atoms. The highest BCUT2D eigenvalue weighted by atomic mass is 16.3. The average molecular weight is 286 g/mol. The Hall–Kier alpha value is -1.81. The third-order valence-electron chi connectivity index (χ3n) is 4.58. The van der Waals surface area contributed by atoms with Crippen LogP contribution in [-0.2, 0) is 18.3 Å². The van der Waals surface area contributed by atoms with E-state index in [1.54, 1.807) is 0 Å². The Balaban J connectivity index is 1.75. The van der Waals surface area contributed by atoms with Gasteiger partial charge in [0, 0.05) is 43.2 Å². The fraction of sp³-hybridized carbons (Fsp3) is 0.471. The lowest BCUT2D eigenvalue weighted by atomic mass is 10.0. The van der Waals surface area contributed by atoms with E-state index in [-0.39, 0.29) is 17.9 Å². The molecule has 0 spiro atoms. The maximum atomic E-state index is 12.5. The number of aliphatic hydroxyl groups excluding tert-OH is 1. The average Bonchev–Trinajstić information content (AvgIpc) is 3.06. The van der Waals surface area contributed by atoms with Crippen LogP contribution in [0.4, 0.5) is 0 Å². The Morgan fingerprint density at radius 2 is 2.19 bits per heavy atom. The predicted octanol–water partition coefficient (Wildman–Crippen LogP) is 1.95. The minimum Gasteiger partial charge on any atom is -0.393 e. The van der Waals surface area contributed by atoms with Gasteiger partial charge in [-0.2, -0.15) is 0 Å². The van der Waals surface area contributed by atoms with Gasteiger partial charge in [-0.25, -0.2) is 0 Å². The standard InChI is InChI=1S/C17H22N2O2/c1-12(20)13-7-8-19(11-13)17(21)9-14-10-18(2)16-6-4-3-5-15(14)16/h3-6,10,12-13,20H,7-9,11H2,1-2H3. The second-order valence-corrected chi connectivity index (χ2v) is 6.09. The third kappa shape index (κ3) is 2.68. The van der Waals surface area contributed by atoms with Crippen LogP contribution in [0.25, 0.3) is 10.9 Å². The van der Waals surface area contributed by atoms with Crippen LogP contribution < -0.4 is 0 Å². The Morgan fingerprint density at radius 1 is 1.43 bits per heavy atom. The lowest BCUT2D eigenvalue weighted by Gasteiger charge is -2.17. The van der Waals surface area contributed by atoms with Gasteiger partial charge in [0.25, 0.3) is 0 Å². The summed E-state index contributed by atoms with van der Waals surface area (Å²) in [4.78, 5) is 14.4. The van der Waals surface area contributed by atoms with E-state index in [9.17, 15) is 9.90 Å². The van der Waals surface area contributed by atoms with E-state index in [2.05, 4.69) is 16.7 Å². The first-order valence-electron chi connectivity index (χ1n) is 7.55. The number of amides is 1. The minimum absolute atomic E-state index is 0.162. The van der Waals surface area contributed by atoms with Gasteiger partial charge in [0.05, 0.1) is 12.5 Å². The van der Waals surface area contributed by atoms with Crippen LogP contribution in [0, 0.1) is 5.92 Å². The molecule has 3 rings (SSSR count). The van der Waals surface area contributed by atoms with Gasteiger partial charge in [0.2, 0.25) is 5.91 Å². The molecule has 0 aliphatic carbocycles. The maximum absolute atomic E-state index is 12.5. The molecule has 2 heterocycles. The highest BCUT2D eigenvalue weighted by molar-refractivity contribution is 5.89. The topological polar surface area (TPSA) is 45.5 Å². The number of hydrogen-bond donors (Lipinski definition) is 1. The molecule has 2 atom stereocenters. The monoisotopic (exact) mass is 286 g/mol. The number of aromatic nitrogens is 1. The van der Waals surface area contributed by atoms with E-state index >= 15 is 0 Å². The molecule has 2 unspecified atom stereocenters. The number of carbonyl (C=O) groups is 1. The molecule has 4 heteroatoms. The molecule has 1 aliphatic heterocycles. The first kappa shape index (κ1) is 14.1. The van der Waals surface area contributed by atoms with Gasteiger partial charge in [-0.1, -0.05) is 18.2 Å². The Kier molecular flexibility index (Phi) is 3.72. The fourth-order valence-electron chi connectivity index (χ4n) is 3.25. The summed E-state index contributed by atoms with van der Waals surface area (Å²) in [5.41, 5.74) is 2.24. The molecule has 1 fully saturated rings. The zero-order valence-electron chi connectivity index (χ0n) is 12.6. The lowest BCUT2D eigenvalue weighted by Crippen LogP contribution is -2.31. The van der Waals surface area contributed by atoms with E-state index in [0.29, 0.717) is 13.0 Å². The van der Waals surface area contributed by atoms with Gasteiger partial charge in [0.15, 0.2) is 0 Å². The number of benzene rings is 1. The number of likely N-dealkylation sites (tertiary alicyclic amines) is 1. The zero-order chi connectivity index (χ0) is 15.0. The van der Waals surface area contributed by atoms with Crippen LogP contribution in [-0.4, -0.2) is 39.7 Å². The number of hydrogen-bond acceptors (Lipinski definition) is 2.